The van der Waals surface area contributed by atoms with Gasteiger partial charge in [0.05, 0.1) is 18.0 Å². The molecule has 0 amide bonds. The Balaban J connectivity index is 2.20. The molecule has 0 aliphatic carbocycles. The van der Waals surface area contributed by atoms with E-state index in [0.29, 0.717) is 11.3 Å². The summed E-state index contributed by atoms with van der Waals surface area (Å²) in [4.78, 5) is 12.7. The van der Waals surface area contributed by atoms with E-state index < -0.39 is 8.32 Å². The van der Waals surface area contributed by atoms with Crippen molar-refractivity contribution in [3.8, 4) is 0 Å². The molecule has 5 nitrogen and oxygen atoms in total. The molecular weight excluding hydrogens is 356 g/mol. The number of H-pyrrole nitrogens is 1. The third-order valence-electron chi connectivity index (χ3n) is 5.22. The Morgan fingerprint density at radius 3 is 2.37 bits per heavy atom. The number of hydrogen-bond donors (Lipinski definition) is 1. The normalized spacial score (nSPS) is 13.6. The number of carbonyl (C=O) groups excluding carboxylic acids is 1. The van der Waals surface area contributed by atoms with Crippen molar-refractivity contribution in [3.63, 3.8) is 0 Å². The van der Waals surface area contributed by atoms with E-state index in [-0.39, 0.29) is 29.6 Å². The molecular formula is C21H32N2O3Si. The summed E-state index contributed by atoms with van der Waals surface area (Å²) in [6, 6.07) is 9.65. The Bertz CT molecular complexity index is 748. The first-order chi connectivity index (χ1) is 12.5. The summed E-state index contributed by atoms with van der Waals surface area (Å²) in [5, 5.41) is 7.17. The van der Waals surface area contributed by atoms with Gasteiger partial charge in [-0.1, -0.05) is 65.0 Å². The van der Waals surface area contributed by atoms with E-state index in [1.54, 1.807) is 0 Å². The number of esters is 1. The maximum Gasteiger partial charge on any atom is 0.342 e. The van der Waals surface area contributed by atoms with E-state index >= 15 is 0 Å². The Labute approximate surface area is 163 Å². The van der Waals surface area contributed by atoms with Crippen LogP contribution in [0.4, 0.5) is 0 Å². The first-order valence-electron chi connectivity index (χ1n) is 9.45. The summed E-state index contributed by atoms with van der Waals surface area (Å²) in [5.74, 6) is -0.188. The van der Waals surface area contributed by atoms with Crippen molar-refractivity contribution in [1.29, 1.82) is 0 Å². The van der Waals surface area contributed by atoms with Crippen LogP contribution in [0.25, 0.3) is 0 Å². The number of nitrogens with one attached hydrogen (secondary N) is 1. The van der Waals surface area contributed by atoms with E-state index in [0.717, 1.165) is 5.56 Å². The van der Waals surface area contributed by atoms with Crippen molar-refractivity contribution in [2.75, 3.05) is 0 Å². The number of benzene rings is 1. The molecule has 1 unspecified atom stereocenters. The lowest BCUT2D eigenvalue weighted by Crippen LogP contribution is -2.43. The number of ether oxygens (including phenoxy) is 1. The maximum atomic E-state index is 12.7. The molecule has 1 N–H and O–H groups in total. The van der Waals surface area contributed by atoms with E-state index in [4.69, 9.17) is 9.16 Å². The minimum atomic E-state index is -2.02. The van der Waals surface area contributed by atoms with Crippen LogP contribution >= 0.6 is 0 Å². The number of carbonyl (C=O) groups is 1. The third kappa shape index (κ3) is 5.29. The second-order valence-electron chi connectivity index (χ2n) is 8.80. The largest absolute Gasteiger partial charge is 0.457 e. The third-order valence-corrected chi connectivity index (χ3v) is 9.67. The molecule has 2 rings (SSSR count). The summed E-state index contributed by atoms with van der Waals surface area (Å²) in [6.45, 7) is 15.5. The van der Waals surface area contributed by atoms with Crippen LogP contribution in [0.15, 0.2) is 36.5 Å². The van der Waals surface area contributed by atoms with Crippen LogP contribution in [0.5, 0.6) is 0 Å². The quantitative estimate of drug-likeness (QED) is 0.503. The smallest absolute Gasteiger partial charge is 0.342 e. The molecule has 0 bridgehead atoms. The number of nitrogens with zero attached hydrogens (tertiary/aromatic N) is 1. The average molecular weight is 389 g/mol. The Morgan fingerprint density at radius 2 is 1.81 bits per heavy atom. The fourth-order valence-corrected chi connectivity index (χ4v) is 3.88. The highest BCUT2D eigenvalue weighted by atomic mass is 28.4. The van der Waals surface area contributed by atoms with Gasteiger partial charge >= 0.3 is 5.97 Å². The van der Waals surface area contributed by atoms with Crippen molar-refractivity contribution in [1.82, 2.24) is 10.2 Å². The second kappa shape index (κ2) is 8.40. The standard InChI is InChI=1S/C21H32N2O3Si/c1-15(2)19(26-27(6,7)21(3,4)5)18-17(13-22-23-18)20(24)25-14-16-11-9-8-10-12-16/h8-13,15,19H,14H2,1-7H3,(H,22,23). The summed E-state index contributed by atoms with van der Waals surface area (Å²) in [7, 11) is -2.02. The lowest BCUT2D eigenvalue weighted by Gasteiger charge is -2.40. The molecule has 27 heavy (non-hydrogen) atoms. The van der Waals surface area contributed by atoms with Crippen molar-refractivity contribution >= 4 is 14.3 Å². The highest BCUT2D eigenvalue weighted by Crippen LogP contribution is 2.41. The predicted octanol–water partition coefficient (Wildman–Crippen LogP) is 5.49. The number of aromatic nitrogens is 2. The van der Waals surface area contributed by atoms with Crippen LogP contribution in [0.3, 0.4) is 0 Å². The Hall–Kier alpha value is -1.92. The molecule has 0 saturated carbocycles. The molecule has 0 spiro atoms. The van der Waals surface area contributed by atoms with E-state index in [1.165, 1.54) is 6.20 Å². The summed E-state index contributed by atoms with van der Waals surface area (Å²) >= 11 is 0. The fourth-order valence-electron chi connectivity index (χ4n) is 2.50. The van der Waals surface area contributed by atoms with Gasteiger partial charge in [-0.2, -0.15) is 5.10 Å². The van der Waals surface area contributed by atoms with E-state index in [9.17, 15) is 4.79 Å². The monoisotopic (exact) mass is 388 g/mol. The molecule has 0 saturated heterocycles. The molecule has 0 fully saturated rings. The van der Waals surface area contributed by atoms with Crippen LogP contribution in [0, 0.1) is 5.92 Å². The van der Waals surface area contributed by atoms with Crippen LogP contribution in [-0.4, -0.2) is 24.5 Å². The number of rotatable bonds is 7. The van der Waals surface area contributed by atoms with Crippen LogP contribution in [0.1, 0.15) is 62.3 Å². The summed E-state index contributed by atoms with van der Waals surface area (Å²) in [6.07, 6.45) is 1.31. The molecule has 2 aromatic rings. The Kier molecular flexibility index (Phi) is 6.65. The van der Waals surface area contributed by atoms with Gasteiger partial charge in [-0.3, -0.25) is 5.10 Å². The van der Waals surface area contributed by atoms with Crippen molar-refractivity contribution in [2.24, 2.45) is 5.92 Å². The topological polar surface area (TPSA) is 64.2 Å². The van der Waals surface area contributed by atoms with Crippen molar-refractivity contribution in [2.45, 2.75) is 65.5 Å². The van der Waals surface area contributed by atoms with Crippen LogP contribution < -0.4 is 0 Å². The lowest BCUT2D eigenvalue weighted by molar-refractivity contribution is 0.0463. The molecule has 1 aromatic heterocycles. The highest BCUT2D eigenvalue weighted by molar-refractivity contribution is 6.74. The zero-order valence-electron chi connectivity index (χ0n) is 17.5. The van der Waals surface area contributed by atoms with E-state index in [1.807, 2.05) is 30.3 Å². The van der Waals surface area contributed by atoms with Gasteiger partial charge in [0.1, 0.15) is 12.2 Å². The van der Waals surface area contributed by atoms with Gasteiger partial charge in [0.2, 0.25) is 0 Å². The lowest BCUT2D eigenvalue weighted by atomic mass is 10.0. The minimum Gasteiger partial charge on any atom is -0.457 e. The highest BCUT2D eigenvalue weighted by Gasteiger charge is 2.41. The number of hydrogen-bond acceptors (Lipinski definition) is 4. The summed E-state index contributed by atoms with van der Waals surface area (Å²) < 4.78 is 12.1. The molecule has 1 heterocycles. The first kappa shape index (κ1) is 21.4. The van der Waals surface area contributed by atoms with E-state index in [2.05, 4.69) is 57.9 Å². The van der Waals surface area contributed by atoms with Crippen molar-refractivity contribution < 1.29 is 14.0 Å². The van der Waals surface area contributed by atoms with Gasteiger partial charge in [-0.25, -0.2) is 4.79 Å². The van der Waals surface area contributed by atoms with Gasteiger partial charge in [-0.15, -0.1) is 0 Å². The predicted molar refractivity (Wildman–Crippen MR) is 110 cm³/mol. The second-order valence-corrected chi connectivity index (χ2v) is 13.6. The number of aromatic amines is 1. The minimum absolute atomic E-state index is 0.0775. The SMILES string of the molecule is CC(C)C(O[Si](C)(C)C(C)(C)C)c1[nH]ncc1C(=O)OCc1ccccc1. The van der Waals surface area contributed by atoms with Gasteiger partial charge in [-0.05, 0) is 29.6 Å². The molecule has 6 heteroatoms. The molecule has 0 aliphatic rings. The average Bonchev–Trinajstić information content (AvgIpc) is 3.06. The fraction of sp³-hybridized carbons (Fsp3) is 0.524. The van der Waals surface area contributed by atoms with Gasteiger partial charge in [0, 0.05) is 0 Å². The molecule has 148 valence electrons. The van der Waals surface area contributed by atoms with Gasteiger partial charge < -0.3 is 9.16 Å². The molecule has 0 radical (unpaired) electrons. The molecule has 0 aliphatic heterocycles. The zero-order valence-corrected chi connectivity index (χ0v) is 18.5. The van der Waals surface area contributed by atoms with Gasteiger partial charge in [0.15, 0.2) is 8.32 Å². The zero-order chi connectivity index (χ0) is 20.2. The summed E-state index contributed by atoms with van der Waals surface area (Å²) in [5.41, 5.74) is 2.10. The van der Waals surface area contributed by atoms with Crippen molar-refractivity contribution in [3.05, 3.63) is 53.3 Å². The molecule has 1 atom stereocenters. The Morgan fingerprint density at radius 1 is 1.19 bits per heavy atom. The van der Waals surface area contributed by atoms with Crippen LogP contribution in [0.2, 0.25) is 18.1 Å². The first-order valence-corrected chi connectivity index (χ1v) is 12.4. The molecule has 1 aromatic carbocycles. The van der Waals surface area contributed by atoms with Crippen LogP contribution in [-0.2, 0) is 15.8 Å². The maximum absolute atomic E-state index is 12.7. The van der Waals surface area contributed by atoms with Gasteiger partial charge in [0.25, 0.3) is 0 Å².